The number of thiophene rings is 1. The van der Waals surface area contributed by atoms with Gasteiger partial charge in [0.05, 0.1) is 2.88 Å². The van der Waals surface area contributed by atoms with Crippen LogP contribution in [0.3, 0.4) is 0 Å². The molecule has 1 unspecified atom stereocenters. The van der Waals surface area contributed by atoms with Gasteiger partial charge in [0.2, 0.25) is 0 Å². The predicted octanol–water partition coefficient (Wildman–Crippen LogP) is 2.28. The summed E-state index contributed by atoms with van der Waals surface area (Å²) < 4.78 is 6.68. The van der Waals surface area contributed by atoms with Crippen LogP contribution >= 0.6 is 33.9 Å². The van der Waals surface area contributed by atoms with Crippen molar-refractivity contribution in [2.45, 2.75) is 18.9 Å². The number of hydrazine groups is 1. The normalized spacial score (nSPS) is 20.4. The molecule has 0 radical (unpaired) electrons. The van der Waals surface area contributed by atoms with E-state index in [-0.39, 0.29) is 6.04 Å². The first-order valence-corrected chi connectivity index (χ1v) is 7.05. The first-order chi connectivity index (χ1) is 7.31. The zero-order valence-electron chi connectivity index (χ0n) is 8.41. The zero-order chi connectivity index (χ0) is 10.7. The monoisotopic (exact) mass is 338 g/mol. The Morgan fingerprint density at radius 3 is 2.80 bits per heavy atom. The van der Waals surface area contributed by atoms with Gasteiger partial charge >= 0.3 is 0 Å². The number of halogens is 1. The van der Waals surface area contributed by atoms with Crippen LogP contribution < -0.4 is 11.3 Å². The van der Waals surface area contributed by atoms with Gasteiger partial charge in [0, 0.05) is 19.3 Å². The fourth-order valence-corrected chi connectivity index (χ4v) is 3.45. The smallest absolute Gasteiger partial charge is 0.0656 e. The summed E-state index contributed by atoms with van der Waals surface area (Å²) in [7, 11) is 0. The molecule has 1 aromatic rings. The molecule has 2 heterocycles. The van der Waals surface area contributed by atoms with Gasteiger partial charge in [0.25, 0.3) is 0 Å². The summed E-state index contributed by atoms with van der Waals surface area (Å²) in [6.07, 6.45) is 2.20. The number of ether oxygens (including phenoxy) is 1. The van der Waals surface area contributed by atoms with Gasteiger partial charge in [-0.1, -0.05) is 0 Å². The molecule has 1 fully saturated rings. The number of hydrogen-bond donors (Lipinski definition) is 2. The Morgan fingerprint density at radius 2 is 2.27 bits per heavy atom. The average molecular weight is 338 g/mol. The molecule has 84 valence electrons. The second-order valence-corrected chi connectivity index (χ2v) is 6.58. The fraction of sp³-hybridized carbons (Fsp3) is 0.600. The summed E-state index contributed by atoms with van der Waals surface area (Å²) in [4.78, 5) is 0. The van der Waals surface area contributed by atoms with Crippen molar-refractivity contribution in [3.8, 4) is 0 Å². The Labute approximate surface area is 107 Å². The Kier molecular flexibility index (Phi) is 4.39. The van der Waals surface area contributed by atoms with Gasteiger partial charge in [-0.05, 0) is 58.4 Å². The van der Waals surface area contributed by atoms with Crippen LogP contribution in [0.15, 0.2) is 11.4 Å². The molecule has 1 atom stereocenters. The van der Waals surface area contributed by atoms with E-state index in [9.17, 15) is 0 Å². The molecule has 2 rings (SSSR count). The van der Waals surface area contributed by atoms with E-state index in [1.54, 1.807) is 11.3 Å². The molecule has 3 N–H and O–H groups in total. The predicted molar refractivity (Wildman–Crippen MR) is 70.6 cm³/mol. The summed E-state index contributed by atoms with van der Waals surface area (Å²) in [5, 5.41) is 2.20. The highest BCUT2D eigenvalue weighted by Gasteiger charge is 2.25. The Morgan fingerprint density at radius 1 is 1.53 bits per heavy atom. The highest BCUT2D eigenvalue weighted by molar-refractivity contribution is 14.1. The summed E-state index contributed by atoms with van der Waals surface area (Å²) in [5.74, 6) is 6.26. The Hall–Kier alpha value is 0.310. The van der Waals surface area contributed by atoms with E-state index in [2.05, 4.69) is 39.5 Å². The van der Waals surface area contributed by atoms with Crippen molar-refractivity contribution in [3.05, 3.63) is 19.9 Å². The highest BCUT2D eigenvalue weighted by atomic mass is 127. The third-order valence-electron chi connectivity index (χ3n) is 2.86. The Balaban J connectivity index is 2.08. The van der Waals surface area contributed by atoms with Gasteiger partial charge in [0.15, 0.2) is 0 Å². The lowest BCUT2D eigenvalue weighted by atomic mass is 9.89. The lowest BCUT2D eigenvalue weighted by Crippen LogP contribution is -2.35. The molecule has 1 aliphatic rings. The molecule has 1 aliphatic heterocycles. The van der Waals surface area contributed by atoms with Crippen molar-refractivity contribution in [1.29, 1.82) is 0 Å². The first-order valence-electron chi connectivity index (χ1n) is 5.09. The Bertz CT molecular complexity index is 312. The zero-order valence-corrected chi connectivity index (χ0v) is 11.4. The van der Waals surface area contributed by atoms with Crippen LogP contribution in [0.5, 0.6) is 0 Å². The molecule has 1 aromatic heterocycles. The summed E-state index contributed by atoms with van der Waals surface area (Å²) in [5.41, 5.74) is 4.27. The third-order valence-corrected chi connectivity index (χ3v) is 4.67. The van der Waals surface area contributed by atoms with Gasteiger partial charge in [0.1, 0.15) is 0 Å². The maximum Gasteiger partial charge on any atom is 0.0656 e. The maximum atomic E-state index is 5.66. The quantitative estimate of drug-likeness (QED) is 0.505. The van der Waals surface area contributed by atoms with Gasteiger partial charge in [-0.25, -0.2) is 0 Å². The van der Waals surface area contributed by atoms with Crippen molar-refractivity contribution in [2.24, 2.45) is 11.8 Å². The SMILES string of the molecule is NNC(c1csc(I)c1)C1CCOCC1. The van der Waals surface area contributed by atoms with Crippen LogP contribution in [0.2, 0.25) is 0 Å². The van der Waals surface area contributed by atoms with E-state index in [0.29, 0.717) is 5.92 Å². The van der Waals surface area contributed by atoms with Crippen molar-refractivity contribution >= 4 is 33.9 Å². The lowest BCUT2D eigenvalue weighted by molar-refractivity contribution is 0.0537. The molecule has 0 bridgehead atoms. The van der Waals surface area contributed by atoms with Crippen LogP contribution in [0, 0.1) is 8.80 Å². The minimum Gasteiger partial charge on any atom is -0.381 e. The molecule has 0 amide bonds. The molecule has 0 saturated carbocycles. The molecule has 5 heteroatoms. The third kappa shape index (κ3) is 2.91. The van der Waals surface area contributed by atoms with Crippen LogP contribution in [0.1, 0.15) is 24.4 Å². The van der Waals surface area contributed by atoms with Gasteiger partial charge in [-0.3, -0.25) is 11.3 Å². The summed E-state index contributed by atoms with van der Waals surface area (Å²) >= 11 is 4.12. The van der Waals surface area contributed by atoms with Crippen molar-refractivity contribution in [2.75, 3.05) is 13.2 Å². The fourth-order valence-electron chi connectivity index (χ4n) is 2.04. The van der Waals surface area contributed by atoms with E-state index in [1.165, 1.54) is 8.45 Å². The number of hydrogen-bond acceptors (Lipinski definition) is 4. The largest absolute Gasteiger partial charge is 0.381 e. The minimum atomic E-state index is 0.286. The van der Waals surface area contributed by atoms with Crippen molar-refractivity contribution < 1.29 is 4.74 Å². The standard InChI is InChI=1S/C10H15IN2OS/c11-9-5-8(6-15-9)10(13-12)7-1-3-14-4-2-7/h5-7,10,13H,1-4,12H2. The van der Waals surface area contributed by atoms with Crippen LogP contribution in [0.25, 0.3) is 0 Å². The maximum absolute atomic E-state index is 5.66. The lowest BCUT2D eigenvalue weighted by Gasteiger charge is -2.29. The molecule has 3 nitrogen and oxygen atoms in total. The molecular formula is C10H15IN2OS. The summed E-state index contributed by atoms with van der Waals surface area (Å²) in [6, 6.07) is 2.50. The minimum absolute atomic E-state index is 0.286. The van der Waals surface area contributed by atoms with Gasteiger partial charge in [-0.2, -0.15) is 0 Å². The molecule has 0 spiro atoms. The second-order valence-electron chi connectivity index (χ2n) is 3.78. The van der Waals surface area contributed by atoms with Gasteiger partial charge in [-0.15, -0.1) is 11.3 Å². The number of nitrogens with one attached hydrogen (secondary N) is 1. The molecule has 1 saturated heterocycles. The van der Waals surface area contributed by atoms with E-state index < -0.39 is 0 Å². The van der Waals surface area contributed by atoms with Crippen LogP contribution in [-0.2, 0) is 4.74 Å². The van der Waals surface area contributed by atoms with E-state index in [0.717, 1.165) is 26.1 Å². The molecular weight excluding hydrogens is 323 g/mol. The average Bonchev–Trinajstić information content (AvgIpc) is 2.68. The van der Waals surface area contributed by atoms with Crippen molar-refractivity contribution in [3.63, 3.8) is 0 Å². The highest BCUT2D eigenvalue weighted by Crippen LogP contribution is 2.32. The van der Waals surface area contributed by atoms with Gasteiger partial charge < -0.3 is 4.74 Å². The molecule has 0 aromatic carbocycles. The van der Waals surface area contributed by atoms with E-state index >= 15 is 0 Å². The van der Waals surface area contributed by atoms with E-state index in [4.69, 9.17) is 10.6 Å². The molecule has 15 heavy (non-hydrogen) atoms. The van der Waals surface area contributed by atoms with Crippen LogP contribution in [0.4, 0.5) is 0 Å². The number of rotatable bonds is 3. The summed E-state index contributed by atoms with van der Waals surface area (Å²) in [6.45, 7) is 1.73. The topological polar surface area (TPSA) is 47.3 Å². The van der Waals surface area contributed by atoms with Crippen molar-refractivity contribution in [1.82, 2.24) is 5.43 Å². The molecule has 0 aliphatic carbocycles. The second kappa shape index (κ2) is 5.58. The van der Waals surface area contributed by atoms with Crippen LogP contribution in [-0.4, -0.2) is 13.2 Å². The first kappa shape index (κ1) is 11.8. The van der Waals surface area contributed by atoms with E-state index in [1.807, 2.05) is 0 Å². The number of nitrogens with two attached hydrogens (primary N) is 1.